The van der Waals surface area contributed by atoms with E-state index in [0.717, 1.165) is 42.4 Å². The van der Waals surface area contributed by atoms with Gasteiger partial charge in [0.2, 0.25) is 5.88 Å². The van der Waals surface area contributed by atoms with Crippen LogP contribution in [0.5, 0.6) is 5.88 Å². The highest BCUT2D eigenvalue weighted by atomic mass is 16.5. The molecule has 1 fully saturated rings. The lowest BCUT2D eigenvalue weighted by Crippen LogP contribution is -2.42. The molecule has 2 aromatic rings. The van der Waals surface area contributed by atoms with Crippen LogP contribution < -0.4 is 4.74 Å². The quantitative estimate of drug-likeness (QED) is 0.910. The predicted octanol–water partition coefficient (Wildman–Crippen LogP) is 3.49. The molecular weight excluding hydrogens is 304 g/mol. The van der Waals surface area contributed by atoms with E-state index in [0.29, 0.717) is 12.3 Å². The van der Waals surface area contributed by atoms with Gasteiger partial charge in [-0.05, 0) is 44.0 Å². The molecule has 24 heavy (non-hydrogen) atoms. The maximum absolute atomic E-state index is 11.9. The SMILES string of the molecule is CCCN1CCCC(C(=O)O)C1c1cc(OC)nc2ccccc12. The Morgan fingerprint density at radius 2 is 2.21 bits per heavy atom. The molecule has 3 rings (SSSR count). The van der Waals surface area contributed by atoms with Crippen molar-refractivity contribution in [2.45, 2.75) is 32.2 Å². The largest absolute Gasteiger partial charge is 0.481 e. The summed E-state index contributed by atoms with van der Waals surface area (Å²) in [7, 11) is 1.60. The zero-order chi connectivity index (χ0) is 17.1. The van der Waals surface area contributed by atoms with Gasteiger partial charge in [0, 0.05) is 17.5 Å². The maximum Gasteiger partial charge on any atom is 0.308 e. The van der Waals surface area contributed by atoms with Crippen LogP contribution in [0.25, 0.3) is 10.9 Å². The number of ether oxygens (including phenoxy) is 1. The Morgan fingerprint density at radius 1 is 1.42 bits per heavy atom. The van der Waals surface area contributed by atoms with E-state index >= 15 is 0 Å². The van der Waals surface area contributed by atoms with Crippen LogP contribution in [0.1, 0.15) is 37.8 Å². The third-order valence-electron chi connectivity index (χ3n) is 4.82. The van der Waals surface area contributed by atoms with E-state index in [2.05, 4.69) is 16.8 Å². The van der Waals surface area contributed by atoms with Crippen molar-refractivity contribution in [3.8, 4) is 5.88 Å². The number of nitrogens with zero attached hydrogens (tertiary/aromatic N) is 2. The predicted molar refractivity (Wildman–Crippen MR) is 93.3 cm³/mol. The average Bonchev–Trinajstić information content (AvgIpc) is 2.61. The Kier molecular flexibility index (Phi) is 5.00. The van der Waals surface area contributed by atoms with Gasteiger partial charge in [-0.3, -0.25) is 9.69 Å². The number of aliphatic carboxylic acids is 1. The normalized spacial score (nSPS) is 21.8. The zero-order valence-electron chi connectivity index (χ0n) is 14.2. The summed E-state index contributed by atoms with van der Waals surface area (Å²) in [6, 6.07) is 9.66. The molecule has 0 saturated carbocycles. The summed E-state index contributed by atoms with van der Waals surface area (Å²) in [4.78, 5) is 18.7. The second-order valence-electron chi connectivity index (χ2n) is 6.34. The molecule has 0 bridgehead atoms. The van der Waals surface area contributed by atoms with Gasteiger partial charge in [0.1, 0.15) is 0 Å². The number of carbonyl (C=O) groups is 1. The highest BCUT2D eigenvalue weighted by Crippen LogP contribution is 2.40. The standard InChI is InChI=1S/C19H24N2O3/c1-3-10-21-11-6-8-14(19(22)23)18(21)15-12-17(24-2)20-16-9-5-4-7-13(15)16/h4-5,7,9,12,14,18H,3,6,8,10-11H2,1-2H3,(H,22,23). The molecule has 2 atom stereocenters. The number of hydrogen-bond acceptors (Lipinski definition) is 4. The lowest BCUT2D eigenvalue weighted by molar-refractivity contribution is -0.146. The Morgan fingerprint density at radius 3 is 2.92 bits per heavy atom. The highest BCUT2D eigenvalue weighted by molar-refractivity contribution is 5.84. The molecule has 1 aliphatic rings. The van der Waals surface area contributed by atoms with Crippen LogP contribution in [0.4, 0.5) is 0 Å². The maximum atomic E-state index is 11.9. The Labute approximate surface area is 142 Å². The number of benzene rings is 1. The number of rotatable bonds is 5. The summed E-state index contributed by atoms with van der Waals surface area (Å²) in [6.07, 6.45) is 2.63. The van der Waals surface area contributed by atoms with E-state index in [-0.39, 0.29) is 6.04 Å². The van der Waals surface area contributed by atoms with Crippen LogP contribution in [0.2, 0.25) is 0 Å². The number of likely N-dealkylation sites (tertiary alicyclic amines) is 1. The molecule has 128 valence electrons. The second-order valence-corrected chi connectivity index (χ2v) is 6.34. The van der Waals surface area contributed by atoms with Crippen molar-refractivity contribution < 1.29 is 14.6 Å². The van der Waals surface area contributed by atoms with E-state index < -0.39 is 11.9 Å². The molecule has 0 aliphatic carbocycles. The van der Waals surface area contributed by atoms with E-state index in [1.165, 1.54) is 0 Å². The minimum atomic E-state index is -0.722. The van der Waals surface area contributed by atoms with Gasteiger partial charge in [-0.25, -0.2) is 4.98 Å². The molecule has 5 nitrogen and oxygen atoms in total. The molecular formula is C19H24N2O3. The average molecular weight is 328 g/mol. The van der Waals surface area contributed by atoms with Gasteiger partial charge in [-0.1, -0.05) is 25.1 Å². The van der Waals surface area contributed by atoms with Crippen LogP contribution in [0.15, 0.2) is 30.3 Å². The molecule has 1 N–H and O–H groups in total. The fourth-order valence-corrected chi connectivity index (χ4v) is 3.80. The van der Waals surface area contributed by atoms with Crippen molar-refractivity contribution in [2.24, 2.45) is 5.92 Å². The summed E-state index contributed by atoms with van der Waals surface area (Å²) in [5.74, 6) is -0.587. The minimum absolute atomic E-state index is 0.141. The van der Waals surface area contributed by atoms with Crippen molar-refractivity contribution in [2.75, 3.05) is 20.2 Å². The number of para-hydroxylation sites is 1. The van der Waals surface area contributed by atoms with E-state index in [4.69, 9.17) is 4.74 Å². The van der Waals surface area contributed by atoms with Crippen molar-refractivity contribution in [3.63, 3.8) is 0 Å². The number of pyridine rings is 1. The first-order chi connectivity index (χ1) is 11.7. The number of fused-ring (bicyclic) bond motifs is 1. The van der Waals surface area contributed by atoms with Gasteiger partial charge >= 0.3 is 5.97 Å². The molecule has 1 aromatic carbocycles. The fraction of sp³-hybridized carbons (Fsp3) is 0.474. The molecule has 1 aliphatic heterocycles. The number of methoxy groups -OCH3 is 1. The molecule has 0 spiro atoms. The van der Waals surface area contributed by atoms with Crippen molar-refractivity contribution >= 4 is 16.9 Å². The molecule has 2 unspecified atom stereocenters. The van der Waals surface area contributed by atoms with Gasteiger partial charge < -0.3 is 9.84 Å². The summed E-state index contributed by atoms with van der Waals surface area (Å²) < 4.78 is 5.37. The zero-order valence-corrected chi connectivity index (χ0v) is 14.2. The number of carboxylic acids is 1. The summed E-state index contributed by atoms with van der Waals surface area (Å²) in [5.41, 5.74) is 1.86. The molecule has 1 aromatic heterocycles. The van der Waals surface area contributed by atoms with Crippen LogP contribution in [-0.4, -0.2) is 41.2 Å². The molecule has 2 heterocycles. The Bertz CT molecular complexity index is 730. The monoisotopic (exact) mass is 328 g/mol. The first-order valence-corrected chi connectivity index (χ1v) is 8.56. The van der Waals surface area contributed by atoms with Crippen LogP contribution in [0.3, 0.4) is 0 Å². The smallest absolute Gasteiger partial charge is 0.308 e. The van der Waals surface area contributed by atoms with Gasteiger partial charge in [0.15, 0.2) is 0 Å². The van der Waals surface area contributed by atoms with Crippen molar-refractivity contribution in [1.82, 2.24) is 9.88 Å². The minimum Gasteiger partial charge on any atom is -0.481 e. The Balaban J connectivity index is 2.17. The number of piperidine rings is 1. The fourth-order valence-electron chi connectivity index (χ4n) is 3.80. The molecule has 1 saturated heterocycles. The first-order valence-electron chi connectivity index (χ1n) is 8.56. The Hall–Kier alpha value is -2.14. The van der Waals surface area contributed by atoms with Crippen LogP contribution in [-0.2, 0) is 4.79 Å². The van der Waals surface area contributed by atoms with E-state index in [9.17, 15) is 9.90 Å². The first kappa shape index (κ1) is 16.7. The number of hydrogen-bond donors (Lipinski definition) is 1. The van der Waals surface area contributed by atoms with Crippen molar-refractivity contribution in [3.05, 3.63) is 35.9 Å². The van der Waals surface area contributed by atoms with Gasteiger partial charge in [0.05, 0.1) is 18.5 Å². The molecule has 0 radical (unpaired) electrons. The lowest BCUT2D eigenvalue weighted by atomic mass is 9.83. The van der Waals surface area contributed by atoms with Gasteiger partial charge in [-0.15, -0.1) is 0 Å². The summed E-state index contributed by atoms with van der Waals surface area (Å²) in [5, 5.41) is 10.8. The topological polar surface area (TPSA) is 62.7 Å². The summed E-state index contributed by atoms with van der Waals surface area (Å²) >= 11 is 0. The molecule has 5 heteroatoms. The van der Waals surface area contributed by atoms with E-state index in [1.807, 2.05) is 30.3 Å². The van der Waals surface area contributed by atoms with E-state index in [1.54, 1.807) is 7.11 Å². The summed E-state index contributed by atoms with van der Waals surface area (Å²) in [6.45, 7) is 3.96. The third-order valence-corrected chi connectivity index (χ3v) is 4.82. The number of aromatic nitrogens is 1. The third kappa shape index (κ3) is 3.08. The van der Waals surface area contributed by atoms with Gasteiger partial charge in [0.25, 0.3) is 0 Å². The molecule has 0 amide bonds. The number of carboxylic acid groups (broad SMARTS) is 1. The van der Waals surface area contributed by atoms with Crippen LogP contribution in [0, 0.1) is 5.92 Å². The lowest BCUT2D eigenvalue weighted by Gasteiger charge is -2.40. The highest BCUT2D eigenvalue weighted by Gasteiger charge is 2.37. The second kappa shape index (κ2) is 7.18. The van der Waals surface area contributed by atoms with Crippen LogP contribution >= 0.6 is 0 Å². The van der Waals surface area contributed by atoms with Gasteiger partial charge in [-0.2, -0.15) is 0 Å². The van der Waals surface area contributed by atoms with Crippen molar-refractivity contribution in [1.29, 1.82) is 0 Å².